The number of rotatable bonds is 8. The molecule has 0 spiro atoms. The van der Waals surface area contributed by atoms with Gasteiger partial charge in [-0.05, 0) is 56.5 Å². The molecule has 1 aliphatic heterocycles. The summed E-state index contributed by atoms with van der Waals surface area (Å²) in [6.07, 6.45) is -5.07. The Labute approximate surface area is 253 Å². The van der Waals surface area contributed by atoms with Crippen LogP contribution in [-0.2, 0) is 14.3 Å². The summed E-state index contributed by atoms with van der Waals surface area (Å²) in [5.74, 6) is -1.25. The number of carboxylic acids is 1. The third-order valence-electron chi connectivity index (χ3n) is 7.16. The van der Waals surface area contributed by atoms with Gasteiger partial charge >= 0.3 is 18.3 Å². The standard InChI is InChI=1S/C30H27F3N4O6S/c1-14-10-18(21-9-7-19(42-13-24(38)39)11-23(21)43-30(31,32)33)6-8-20(14)27-26-15(2)16(3)44-29(26)37-17(4)35-36-28(37)22(34-27)12-25(40)41-5/h6-11,22H,12-13H2,1-5H3,(H,38,39)/t22-/m0/s1. The van der Waals surface area contributed by atoms with Gasteiger partial charge in [0.1, 0.15) is 28.4 Å². The summed E-state index contributed by atoms with van der Waals surface area (Å²) in [4.78, 5) is 29.4. The molecular weight excluding hydrogens is 601 g/mol. The average molecular weight is 629 g/mol. The summed E-state index contributed by atoms with van der Waals surface area (Å²) in [6.45, 7) is 6.90. The lowest BCUT2D eigenvalue weighted by atomic mass is 9.93. The SMILES string of the molecule is COC(=O)C[C@@H]1N=C(c2ccc(-c3ccc(OCC(=O)O)cc3OC(F)(F)F)cc2C)c2c(sc(C)c2C)-n2c(C)nnc21. The Kier molecular flexibility index (Phi) is 8.21. The van der Waals surface area contributed by atoms with Crippen LogP contribution in [-0.4, -0.2) is 57.6 Å². The van der Waals surface area contributed by atoms with Crippen molar-refractivity contribution in [2.24, 2.45) is 4.99 Å². The Morgan fingerprint density at radius 2 is 1.77 bits per heavy atom. The van der Waals surface area contributed by atoms with Crippen molar-refractivity contribution < 1.29 is 42.1 Å². The number of hydrogen-bond donors (Lipinski definition) is 1. The first-order valence-corrected chi connectivity index (χ1v) is 14.1. The number of alkyl halides is 3. The van der Waals surface area contributed by atoms with E-state index in [1.165, 1.54) is 19.2 Å². The van der Waals surface area contributed by atoms with E-state index in [1.54, 1.807) is 29.5 Å². The summed E-state index contributed by atoms with van der Waals surface area (Å²) in [7, 11) is 1.30. The minimum Gasteiger partial charge on any atom is -0.482 e. The molecule has 5 rings (SSSR count). The summed E-state index contributed by atoms with van der Waals surface area (Å²) in [5.41, 5.74) is 4.39. The van der Waals surface area contributed by atoms with E-state index < -0.39 is 36.7 Å². The molecule has 0 radical (unpaired) electrons. The largest absolute Gasteiger partial charge is 0.573 e. The predicted molar refractivity (Wildman–Crippen MR) is 155 cm³/mol. The molecule has 44 heavy (non-hydrogen) atoms. The van der Waals surface area contributed by atoms with Gasteiger partial charge in [0.25, 0.3) is 0 Å². The molecule has 0 saturated heterocycles. The van der Waals surface area contributed by atoms with Crippen LogP contribution in [0.1, 0.15) is 51.2 Å². The van der Waals surface area contributed by atoms with E-state index in [2.05, 4.69) is 14.9 Å². The zero-order valence-corrected chi connectivity index (χ0v) is 25.1. The molecule has 0 bridgehead atoms. The number of aromatic nitrogens is 3. The summed E-state index contributed by atoms with van der Waals surface area (Å²) >= 11 is 1.55. The molecule has 0 unspecified atom stereocenters. The van der Waals surface area contributed by atoms with Crippen molar-refractivity contribution in [3.8, 4) is 27.6 Å². The second kappa shape index (κ2) is 11.8. The molecule has 1 atom stereocenters. The highest BCUT2D eigenvalue weighted by atomic mass is 32.1. The average Bonchev–Trinajstić information content (AvgIpc) is 3.43. The number of benzene rings is 2. The third kappa shape index (κ3) is 6.02. The van der Waals surface area contributed by atoms with Crippen molar-refractivity contribution in [3.05, 3.63) is 75.2 Å². The third-order valence-corrected chi connectivity index (χ3v) is 8.35. The predicted octanol–water partition coefficient (Wildman–Crippen LogP) is 6.05. The molecule has 1 aliphatic rings. The van der Waals surface area contributed by atoms with Crippen LogP contribution < -0.4 is 9.47 Å². The number of hydrogen-bond acceptors (Lipinski definition) is 9. The van der Waals surface area contributed by atoms with Crippen LogP contribution >= 0.6 is 11.3 Å². The van der Waals surface area contributed by atoms with Gasteiger partial charge in [0.05, 0.1) is 19.2 Å². The van der Waals surface area contributed by atoms with Gasteiger partial charge < -0.3 is 19.3 Å². The number of carboxylic acid groups (broad SMARTS) is 1. The van der Waals surface area contributed by atoms with Gasteiger partial charge in [-0.15, -0.1) is 34.7 Å². The molecule has 10 nitrogen and oxygen atoms in total. The van der Waals surface area contributed by atoms with Gasteiger partial charge in [0.15, 0.2) is 12.4 Å². The van der Waals surface area contributed by atoms with Crippen LogP contribution in [0.3, 0.4) is 0 Å². The molecule has 230 valence electrons. The number of aliphatic carboxylic acids is 1. The number of carbonyl (C=O) groups excluding carboxylic acids is 1. The second-order valence-electron chi connectivity index (χ2n) is 10.1. The van der Waals surface area contributed by atoms with Crippen LogP contribution in [0.5, 0.6) is 11.5 Å². The monoisotopic (exact) mass is 628 g/mol. The van der Waals surface area contributed by atoms with Crippen LogP contribution in [0, 0.1) is 27.7 Å². The molecule has 0 saturated carbocycles. The Bertz CT molecular complexity index is 1810. The number of aliphatic imine (C=N–C) groups is 1. The normalized spacial score (nSPS) is 14.3. The maximum Gasteiger partial charge on any atom is 0.573 e. The highest BCUT2D eigenvalue weighted by molar-refractivity contribution is 7.15. The van der Waals surface area contributed by atoms with Gasteiger partial charge in [-0.3, -0.25) is 14.4 Å². The van der Waals surface area contributed by atoms with E-state index in [4.69, 9.17) is 19.6 Å². The van der Waals surface area contributed by atoms with E-state index in [-0.39, 0.29) is 17.7 Å². The molecular formula is C30H27F3N4O6S. The molecule has 3 heterocycles. The smallest absolute Gasteiger partial charge is 0.482 e. The van der Waals surface area contributed by atoms with Crippen LogP contribution in [0.2, 0.25) is 0 Å². The molecule has 0 fully saturated rings. The number of ether oxygens (including phenoxy) is 3. The Hall–Kier alpha value is -4.72. The first-order valence-electron chi connectivity index (χ1n) is 13.3. The number of esters is 1. The van der Waals surface area contributed by atoms with Gasteiger partial charge in [0, 0.05) is 27.6 Å². The first-order chi connectivity index (χ1) is 20.8. The van der Waals surface area contributed by atoms with Crippen molar-refractivity contribution >= 4 is 29.0 Å². The zero-order chi connectivity index (χ0) is 31.9. The Morgan fingerprint density at radius 1 is 1.05 bits per heavy atom. The highest BCUT2D eigenvalue weighted by Crippen LogP contribution is 2.41. The quantitative estimate of drug-likeness (QED) is 0.234. The molecule has 2 aromatic heterocycles. The summed E-state index contributed by atoms with van der Waals surface area (Å²) in [6, 6.07) is 8.18. The van der Waals surface area contributed by atoms with Crippen molar-refractivity contribution in [1.29, 1.82) is 0 Å². The van der Waals surface area contributed by atoms with E-state index >= 15 is 0 Å². The van der Waals surface area contributed by atoms with Crippen molar-refractivity contribution in [2.45, 2.75) is 46.5 Å². The topological polar surface area (TPSA) is 125 Å². The number of halogens is 3. The summed E-state index contributed by atoms with van der Waals surface area (Å²) in [5, 5.41) is 18.3. The Morgan fingerprint density at radius 3 is 2.43 bits per heavy atom. The lowest BCUT2D eigenvalue weighted by molar-refractivity contribution is -0.274. The fraction of sp³-hybridized carbons (Fsp3) is 0.300. The lowest BCUT2D eigenvalue weighted by Crippen LogP contribution is -2.18. The fourth-order valence-corrected chi connectivity index (χ4v) is 6.25. The Balaban J connectivity index is 1.64. The van der Waals surface area contributed by atoms with E-state index in [0.717, 1.165) is 27.1 Å². The second-order valence-corrected chi connectivity index (χ2v) is 11.3. The van der Waals surface area contributed by atoms with Crippen LogP contribution in [0.4, 0.5) is 13.2 Å². The minimum absolute atomic E-state index is 0.0727. The highest BCUT2D eigenvalue weighted by Gasteiger charge is 2.34. The maximum absolute atomic E-state index is 13.3. The fourth-order valence-electron chi connectivity index (χ4n) is 5.03. The van der Waals surface area contributed by atoms with Gasteiger partial charge in [-0.25, -0.2) is 4.79 Å². The number of methoxy groups -OCH3 is 1. The van der Waals surface area contributed by atoms with Crippen molar-refractivity contribution in [2.75, 3.05) is 13.7 Å². The molecule has 0 aliphatic carbocycles. The van der Waals surface area contributed by atoms with Gasteiger partial charge in [-0.1, -0.05) is 18.2 Å². The molecule has 1 N–H and O–H groups in total. The summed E-state index contributed by atoms with van der Waals surface area (Å²) < 4.78 is 56.2. The minimum atomic E-state index is -5.00. The van der Waals surface area contributed by atoms with Crippen molar-refractivity contribution in [3.63, 3.8) is 0 Å². The van der Waals surface area contributed by atoms with Gasteiger partial charge in [-0.2, -0.15) is 0 Å². The van der Waals surface area contributed by atoms with Crippen LogP contribution in [0.15, 0.2) is 41.4 Å². The zero-order valence-electron chi connectivity index (χ0n) is 24.3. The number of aryl methyl sites for hydroxylation is 3. The van der Waals surface area contributed by atoms with Gasteiger partial charge in [0.2, 0.25) is 0 Å². The lowest BCUT2D eigenvalue weighted by Gasteiger charge is -2.17. The number of fused-ring (bicyclic) bond motifs is 3. The van der Waals surface area contributed by atoms with Crippen LogP contribution in [0.25, 0.3) is 16.1 Å². The molecule has 0 amide bonds. The first kappa shape index (κ1) is 30.7. The number of thiophene rings is 1. The molecule has 2 aromatic carbocycles. The van der Waals surface area contributed by atoms with E-state index in [1.807, 2.05) is 32.3 Å². The number of nitrogens with zero attached hydrogens (tertiary/aromatic N) is 4. The number of carbonyl (C=O) groups is 2. The van der Waals surface area contributed by atoms with E-state index in [9.17, 15) is 22.8 Å². The molecule has 4 aromatic rings. The van der Waals surface area contributed by atoms with E-state index in [0.29, 0.717) is 34.1 Å². The maximum atomic E-state index is 13.3. The molecule has 14 heteroatoms. The van der Waals surface area contributed by atoms with Crippen molar-refractivity contribution in [1.82, 2.24) is 14.8 Å².